The number of rotatable bonds is 4. The van der Waals surface area contributed by atoms with E-state index < -0.39 is 4.92 Å². The first-order chi connectivity index (χ1) is 9.45. The van der Waals surface area contributed by atoms with Crippen LogP contribution < -0.4 is 10.5 Å². The van der Waals surface area contributed by atoms with Crippen LogP contribution in [-0.2, 0) is 0 Å². The summed E-state index contributed by atoms with van der Waals surface area (Å²) in [5, 5.41) is 17.9. The molecule has 0 unspecified atom stereocenters. The van der Waals surface area contributed by atoms with Crippen molar-refractivity contribution in [3.8, 4) is 11.8 Å². The van der Waals surface area contributed by atoms with Crippen LogP contribution in [0.5, 0.6) is 11.8 Å². The Morgan fingerprint density at radius 3 is 2.55 bits per heavy atom. The number of aryl methyl sites for hydroxylation is 1. The van der Waals surface area contributed by atoms with Crippen molar-refractivity contribution in [2.24, 2.45) is 5.73 Å². The Morgan fingerprint density at radius 2 is 2.00 bits per heavy atom. The summed E-state index contributed by atoms with van der Waals surface area (Å²) in [6, 6.07) is 7.11. The van der Waals surface area contributed by atoms with Gasteiger partial charge in [-0.15, -0.1) is 0 Å². The van der Waals surface area contributed by atoms with Gasteiger partial charge < -0.3 is 10.5 Å². The maximum Gasteiger partial charge on any atom is 0.322 e. The Bertz CT molecular complexity index is 669. The lowest BCUT2D eigenvalue weighted by atomic mass is 10.3. The van der Waals surface area contributed by atoms with E-state index in [1.807, 2.05) is 0 Å². The molecule has 0 bridgehead atoms. The number of hydrogen-bond acceptors (Lipinski definition) is 6. The number of nitrogens with two attached hydrogens (primary N) is 1. The van der Waals surface area contributed by atoms with Crippen LogP contribution in [0.3, 0.4) is 0 Å². The van der Waals surface area contributed by atoms with Gasteiger partial charge in [-0.1, -0.05) is 0 Å². The highest BCUT2D eigenvalue weighted by molar-refractivity contribution is 5.93. The fourth-order valence-electron chi connectivity index (χ4n) is 1.47. The molecule has 3 N–H and O–H groups in total. The van der Waals surface area contributed by atoms with Crippen molar-refractivity contribution in [3.05, 3.63) is 51.8 Å². The Morgan fingerprint density at radius 1 is 1.35 bits per heavy atom. The normalized spacial score (nSPS) is 10.1. The molecule has 20 heavy (non-hydrogen) atoms. The molecule has 1 aromatic carbocycles. The molecular weight excluding hydrogens is 262 g/mol. The third-order valence-corrected chi connectivity index (χ3v) is 2.37. The number of nitrogens with zero attached hydrogens (tertiary/aromatic N) is 3. The van der Waals surface area contributed by atoms with Crippen molar-refractivity contribution in [2.45, 2.75) is 6.92 Å². The summed E-state index contributed by atoms with van der Waals surface area (Å²) in [5.41, 5.74) is 6.18. The first-order valence-corrected chi connectivity index (χ1v) is 5.58. The molecule has 1 heterocycles. The number of benzene rings is 1. The quantitative estimate of drug-likeness (QED) is 0.378. The summed E-state index contributed by atoms with van der Waals surface area (Å²) in [5.74, 6) is 0.166. The summed E-state index contributed by atoms with van der Waals surface area (Å²) in [6.45, 7) is 1.72. The van der Waals surface area contributed by atoms with E-state index in [4.69, 9.17) is 15.9 Å². The first kappa shape index (κ1) is 13.4. The third kappa shape index (κ3) is 3.05. The molecule has 2 rings (SSSR count). The first-order valence-electron chi connectivity index (χ1n) is 5.58. The average Bonchev–Trinajstić information content (AvgIpc) is 2.38. The maximum atomic E-state index is 10.5. The standard InChI is InChI=1S/C12H11N5O3/c1-7-6-10(11(13)14)16-12(15-7)20-9-4-2-8(3-5-9)17(18)19/h2-6H,1H3,(H3,13,14). The Hall–Kier alpha value is -3.03. The molecule has 0 aliphatic heterocycles. The van der Waals surface area contributed by atoms with Crippen molar-refractivity contribution < 1.29 is 9.66 Å². The fourth-order valence-corrected chi connectivity index (χ4v) is 1.47. The maximum absolute atomic E-state index is 10.5. The van der Waals surface area contributed by atoms with Crippen molar-refractivity contribution in [2.75, 3.05) is 0 Å². The van der Waals surface area contributed by atoms with E-state index in [9.17, 15) is 10.1 Å². The summed E-state index contributed by atoms with van der Waals surface area (Å²) in [4.78, 5) is 18.1. The van der Waals surface area contributed by atoms with Crippen molar-refractivity contribution in [1.82, 2.24) is 9.97 Å². The second-order valence-corrected chi connectivity index (χ2v) is 3.94. The van der Waals surface area contributed by atoms with Crippen LogP contribution >= 0.6 is 0 Å². The van der Waals surface area contributed by atoms with Crippen molar-refractivity contribution in [1.29, 1.82) is 5.41 Å². The Balaban J connectivity index is 2.25. The fraction of sp³-hybridized carbons (Fsp3) is 0.0833. The lowest BCUT2D eigenvalue weighted by molar-refractivity contribution is -0.384. The molecule has 8 heteroatoms. The van der Waals surface area contributed by atoms with E-state index in [-0.39, 0.29) is 23.2 Å². The topological polar surface area (TPSA) is 128 Å². The molecule has 1 aromatic heterocycles. The zero-order valence-corrected chi connectivity index (χ0v) is 10.5. The van der Waals surface area contributed by atoms with Gasteiger partial charge in [-0.2, -0.15) is 4.98 Å². The lowest BCUT2D eigenvalue weighted by Crippen LogP contribution is -2.14. The summed E-state index contributed by atoms with van der Waals surface area (Å²) in [7, 11) is 0. The van der Waals surface area contributed by atoms with Crippen LogP contribution in [-0.4, -0.2) is 20.7 Å². The predicted octanol–water partition coefficient (Wildman–Crippen LogP) is 1.77. The molecule has 0 spiro atoms. The lowest BCUT2D eigenvalue weighted by Gasteiger charge is -2.06. The van der Waals surface area contributed by atoms with Gasteiger partial charge in [0.05, 0.1) is 4.92 Å². The zero-order chi connectivity index (χ0) is 14.7. The number of ether oxygens (including phenoxy) is 1. The van der Waals surface area contributed by atoms with E-state index in [1.54, 1.807) is 13.0 Å². The van der Waals surface area contributed by atoms with E-state index in [0.717, 1.165) is 0 Å². The molecule has 0 fully saturated rings. The Kier molecular flexibility index (Phi) is 3.56. The molecule has 0 aliphatic rings. The third-order valence-electron chi connectivity index (χ3n) is 2.37. The van der Waals surface area contributed by atoms with Gasteiger partial charge in [0.15, 0.2) is 0 Å². The van der Waals surface area contributed by atoms with Crippen LogP contribution in [0.1, 0.15) is 11.4 Å². The van der Waals surface area contributed by atoms with Gasteiger partial charge in [0.25, 0.3) is 5.69 Å². The van der Waals surface area contributed by atoms with Crippen LogP contribution in [0.2, 0.25) is 0 Å². The van der Waals surface area contributed by atoms with Crippen LogP contribution in [0.15, 0.2) is 30.3 Å². The number of nitrogen functional groups attached to an aromatic ring is 1. The number of amidine groups is 1. The molecule has 2 aromatic rings. The van der Waals surface area contributed by atoms with Gasteiger partial charge in [0.2, 0.25) is 0 Å². The number of nitro benzene ring substituents is 1. The highest BCUT2D eigenvalue weighted by Gasteiger charge is 2.09. The van der Waals surface area contributed by atoms with Crippen LogP contribution in [0.4, 0.5) is 5.69 Å². The molecule has 0 radical (unpaired) electrons. The van der Waals surface area contributed by atoms with Gasteiger partial charge in [0.1, 0.15) is 17.3 Å². The van der Waals surface area contributed by atoms with Gasteiger partial charge >= 0.3 is 6.01 Å². The monoisotopic (exact) mass is 273 g/mol. The Labute approximate surface area is 113 Å². The minimum absolute atomic E-state index is 0.0315. The van der Waals surface area contributed by atoms with Crippen molar-refractivity contribution >= 4 is 11.5 Å². The van der Waals surface area contributed by atoms with Gasteiger partial charge in [-0.3, -0.25) is 15.5 Å². The second kappa shape index (κ2) is 5.31. The molecule has 0 saturated carbocycles. The molecule has 0 aliphatic carbocycles. The SMILES string of the molecule is Cc1cc(C(=N)N)nc(Oc2ccc([N+](=O)[O-])cc2)n1. The molecule has 0 amide bonds. The number of non-ortho nitro benzene ring substituents is 1. The van der Waals surface area contributed by atoms with E-state index in [1.165, 1.54) is 24.3 Å². The van der Waals surface area contributed by atoms with Gasteiger partial charge in [-0.25, -0.2) is 4.98 Å². The van der Waals surface area contributed by atoms with Gasteiger partial charge in [-0.05, 0) is 25.1 Å². The molecule has 0 saturated heterocycles. The van der Waals surface area contributed by atoms with E-state index >= 15 is 0 Å². The molecular formula is C12H11N5O3. The van der Waals surface area contributed by atoms with Crippen LogP contribution in [0, 0.1) is 22.4 Å². The average molecular weight is 273 g/mol. The minimum Gasteiger partial charge on any atom is -0.424 e. The van der Waals surface area contributed by atoms with E-state index in [2.05, 4.69) is 9.97 Å². The van der Waals surface area contributed by atoms with E-state index in [0.29, 0.717) is 11.4 Å². The number of nitrogens with one attached hydrogen (secondary N) is 1. The summed E-state index contributed by atoms with van der Waals surface area (Å²) < 4.78 is 5.39. The highest BCUT2D eigenvalue weighted by atomic mass is 16.6. The minimum atomic E-state index is -0.499. The number of nitro groups is 1. The number of hydrogen-bond donors (Lipinski definition) is 2. The predicted molar refractivity (Wildman–Crippen MR) is 71.0 cm³/mol. The number of aromatic nitrogens is 2. The summed E-state index contributed by atoms with van der Waals surface area (Å²) >= 11 is 0. The second-order valence-electron chi connectivity index (χ2n) is 3.94. The largest absolute Gasteiger partial charge is 0.424 e. The highest BCUT2D eigenvalue weighted by Crippen LogP contribution is 2.21. The van der Waals surface area contributed by atoms with Crippen molar-refractivity contribution in [3.63, 3.8) is 0 Å². The smallest absolute Gasteiger partial charge is 0.322 e. The van der Waals surface area contributed by atoms with Gasteiger partial charge in [0, 0.05) is 17.8 Å². The molecule has 0 atom stereocenters. The zero-order valence-electron chi connectivity index (χ0n) is 10.5. The molecule has 8 nitrogen and oxygen atoms in total. The molecule has 102 valence electrons. The van der Waals surface area contributed by atoms with Crippen LogP contribution in [0.25, 0.3) is 0 Å². The summed E-state index contributed by atoms with van der Waals surface area (Å²) in [6.07, 6.45) is 0.